The number of hydrogen-bond acceptors (Lipinski definition) is 0. The molecule has 8 aromatic rings. The van der Waals surface area contributed by atoms with Gasteiger partial charge in [0, 0.05) is 0 Å². The van der Waals surface area contributed by atoms with Crippen LogP contribution >= 0.6 is 24.8 Å². The van der Waals surface area contributed by atoms with Crippen molar-refractivity contribution < 1.29 is 23.3 Å². The minimum atomic E-state index is 0. The number of hydrogen-bond donors (Lipinski definition) is 0. The summed E-state index contributed by atoms with van der Waals surface area (Å²) >= 11 is 1.36. The minimum Gasteiger partial charge on any atom is -0.164 e. The standard InChI is InChI=1S/2C25H23.2CH3.2ClH.Si.Zr/c2*1-2-7-18(6-1)14-19-15-22-10-5-11-24(25(22)16-19)23-13-12-20-8-3-4-9-21(20)17-23;;;;;;/h2*3-5,8-13,15-18H,1-2,6-7,14H2;2*1H3;2*1H;;/q4*-1;;;;. The van der Waals surface area contributed by atoms with Crippen molar-refractivity contribution in [1.29, 1.82) is 0 Å². The third-order valence-corrected chi connectivity index (χ3v) is 11.7. The Labute approximate surface area is 365 Å². The Bertz CT molecular complexity index is 2270. The van der Waals surface area contributed by atoms with Crippen molar-refractivity contribution in [3.05, 3.63) is 172 Å². The van der Waals surface area contributed by atoms with Crippen molar-refractivity contribution in [2.75, 3.05) is 0 Å². The molecular weight excluding hydrogens is 815 g/mol. The first-order chi connectivity index (χ1) is 25.7. The number of rotatable bonds is 6. The van der Waals surface area contributed by atoms with E-state index in [4.69, 9.17) is 0 Å². The molecule has 288 valence electrons. The van der Waals surface area contributed by atoms with Gasteiger partial charge in [-0.1, -0.05) is 147 Å². The van der Waals surface area contributed by atoms with Crippen molar-refractivity contribution in [2.45, 2.75) is 64.2 Å². The summed E-state index contributed by atoms with van der Waals surface area (Å²) in [7, 11) is 0. The van der Waals surface area contributed by atoms with E-state index in [1.807, 2.05) is 0 Å². The first-order valence-electron chi connectivity index (χ1n) is 19.3. The molecule has 4 heteroatoms. The SMILES string of the molecule is Cl.Cl.[CH3-].[CH3-].[Si]=[Zr].c1ccc2cc(-c3cccc4[cH-]c(CC5CCCC5)cc34)ccc2c1.c1ccc2cc(-c3cccc4[cH-]c(CC5CCCC5)cc34)ccc2c1. The van der Waals surface area contributed by atoms with Crippen LogP contribution in [0.15, 0.2) is 146 Å². The molecule has 0 aromatic heterocycles. The molecule has 2 aliphatic rings. The maximum absolute atomic E-state index is 3.06. The first-order valence-corrected chi connectivity index (χ1v) is 23.5. The maximum atomic E-state index is 3.06. The Kier molecular flexibility index (Phi) is 17.4. The monoisotopic (exact) mass is 866 g/mol. The molecule has 10 rings (SSSR count). The second kappa shape index (κ2) is 21.5. The Balaban J connectivity index is 0.000000223. The van der Waals surface area contributed by atoms with Gasteiger partial charge in [-0.25, -0.2) is 0 Å². The van der Waals surface area contributed by atoms with Crippen LogP contribution in [0.4, 0.5) is 0 Å². The van der Waals surface area contributed by atoms with Gasteiger partial charge in [-0.05, 0) is 69.5 Å². The fraction of sp³-hybridized carbons (Fsp3) is 0.231. The maximum Gasteiger partial charge on any atom is -0.0178 e. The summed E-state index contributed by atoms with van der Waals surface area (Å²) in [4.78, 5) is 0. The molecule has 2 radical (unpaired) electrons. The molecule has 2 saturated carbocycles. The molecule has 0 atom stereocenters. The quantitative estimate of drug-likeness (QED) is 0.115. The summed E-state index contributed by atoms with van der Waals surface area (Å²) in [6, 6.07) is 54.1. The summed E-state index contributed by atoms with van der Waals surface area (Å²) < 4.78 is 0. The zero-order chi connectivity index (χ0) is 35.3. The molecule has 0 spiro atoms. The molecular formula is C52H54Cl2SiZr-4. The molecule has 0 heterocycles. The molecule has 0 aliphatic heterocycles. The topological polar surface area (TPSA) is 0 Å². The first kappa shape index (κ1) is 45.4. The molecule has 2 fully saturated rings. The molecule has 0 amide bonds. The minimum absolute atomic E-state index is 0. The molecule has 0 nitrogen and oxygen atoms in total. The van der Waals surface area contributed by atoms with Crippen LogP contribution in [-0.4, -0.2) is 6.88 Å². The van der Waals surface area contributed by atoms with Crippen molar-refractivity contribution in [3.63, 3.8) is 0 Å². The summed E-state index contributed by atoms with van der Waals surface area (Å²) in [5.41, 5.74) is 8.41. The van der Waals surface area contributed by atoms with Gasteiger partial charge in [-0.2, -0.15) is 12.1 Å². The van der Waals surface area contributed by atoms with Crippen molar-refractivity contribution in [1.82, 2.24) is 0 Å². The average Bonchev–Trinajstić information content (AvgIpc) is 4.04. The van der Waals surface area contributed by atoms with Crippen LogP contribution in [-0.2, 0) is 36.2 Å². The summed E-state index contributed by atoms with van der Waals surface area (Å²) in [5, 5.41) is 10.8. The number of benzene rings is 6. The van der Waals surface area contributed by atoms with Gasteiger partial charge in [-0.15, -0.1) is 93.9 Å². The Morgan fingerprint density at radius 3 is 1.21 bits per heavy atom. The second-order valence-corrected chi connectivity index (χ2v) is 15.2. The fourth-order valence-electron chi connectivity index (χ4n) is 9.14. The van der Waals surface area contributed by atoms with Crippen molar-refractivity contribution in [2.24, 2.45) is 11.8 Å². The van der Waals surface area contributed by atoms with Gasteiger partial charge >= 0.3 is 30.2 Å². The van der Waals surface area contributed by atoms with Crippen molar-refractivity contribution >= 4 is 74.8 Å². The zero-order valence-electron chi connectivity index (χ0n) is 32.9. The Morgan fingerprint density at radius 1 is 0.446 bits per heavy atom. The third-order valence-electron chi connectivity index (χ3n) is 11.7. The predicted molar refractivity (Wildman–Crippen MR) is 249 cm³/mol. The normalized spacial score (nSPS) is 13.8. The number of halogens is 2. The van der Waals surface area contributed by atoms with Crippen LogP contribution in [0.2, 0.25) is 0 Å². The van der Waals surface area contributed by atoms with Gasteiger partial charge in [-0.3, -0.25) is 0 Å². The van der Waals surface area contributed by atoms with Crippen LogP contribution in [0.5, 0.6) is 0 Å². The molecule has 0 bridgehead atoms. The zero-order valence-corrected chi connectivity index (χ0v) is 38.0. The van der Waals surface area contributed by atoms with Crippen LogP contribution in [0.25, 0.3) is 65.3 Å². The second-order valence-electron chi connectivity index (χ2n) is 15.2. The predicted octanol–water partition coefficient (Wildman–Crippen LogP) is 15.6. The van der Waals surface area contributed by atoms with E-state index in [2.05, 4.69) is 152 Å². The van der Waals surface area contributed by atoms with E-state index in [0.717, 1.165) is 11.8 Å². The molecule has 2 aliphatic carbocycles. The van der Waals surface area contributed by atoms with Gasteiger partial charge in [0.15, 0.2) is 0 Å². The third kappa shape index (κ3) is 10.2. The van der Waals surface area contributed by atoms with Crippen LogP contribution in [0.3, 0.4) is 0 Å². The summed E-state index contributed by atoms with van der Waals surface area (Å²) in [5.74, 6) is 1.81. The smallest absolute Gasteiger partial charge is 0.0178 e. The van der Waals surface area contributed by atoms with E-state index in [-0.39, 0.29) is 39.7 Å². The van der Waals surface area contributed by atoms with Crippen molar-refractivity contribution in [3.8, 4) is 22.3 Å². The van der Waals surface area contributed by atoms with Crippen LogP contribution in [0.1, 0.15) is 62.5 Å². The molecule has 0 saturated heterocycles. The largest absolute Gasteiger partial charge is 0.164 e. The molecule has 8 aromatic carbocycles. The van der Waals surface area contributed by atoms with E-state index in [0.29, 0.717) is 0 Å². The van der Waals surface area contributed by atoms with Gasteiger partial charge in [0.05, 0.1) is 0 Å². The molecule has 0 unspecified atom stereocenters. The average molecular weight is 869 g/mol. The van der Waals surface area contributed by atoms with Gasteiger partial charge in [0.2, 0.25) is 0 Å². The van der Waals surface area contributed by atoms with Gasteiger partial charge in [0.25, 0.3) is 0 Å². The number of fused-ring (bicyclic) bond motifs is 4. The Morgan fingerprint density at radius 2 is 0.821 bits per heavy atom. The molecule has 0 N–H and O–H groups in total. The molecule has 56 heavy (non-hydrogen) atoms. The van der Waals surface area contributed by atoms with E-state index in [1.54, 1.807) is 0 Å². The fourth-order valence-corrected chi connectivity index (χ4v) is 9.14. The van der Waals surface area contributed by atoms with Gasteiger partial charge < -0.3 is 14.9 Å². The van der Waals surface area contributed by atoms with Gasteiger partial charge in [0.1, 0.15) is 0 Å². The van der Waals surface area contributed by atoms with E-state index >= 15 is 0 Å². The van der Waals surface area contributed by atoms with E-state index in [1.165, 1.54) is 164 Å². The summed E-state index contributed by atoms with van der Waals surface area (Å²) in [6.07, 6.45) is 13.9. The summed E-state index contributed by atoms with van der Waals surface area (Å²) in [6.45, 7) is 3.06. The van der Waals surface area contributed by atoms with Crippen LogP contribution in [0, 0.1) is 26.7 Å². The van der Waals surface area contributed by atoms with Crippen LogP contribution < -0.4 is 0 Å². The van der Waals surface area contributed by atoms with E-state index < -0.39 is 0 Å². The van der Waals surface area contributed by atoms with E-state index in [9.17, 15) is 0 Å². The Hall–Kier alpha value is -3.26.